The zero-order chi connectivity index (χ0) is 29.3. The van der Waals surface area contributed by atoms with Gasteiger partial charge in [0.25, 0.3) is 11.8 Å². The van der Waals surface area contributed by atoms with Gasteiger partial charge in [0.1, 0.15) is 23.7 Å². The van der Waals surface area contributed by atoms with E-state index in [0.29, 0.717) is 0 Å². The predicted octanol–water partition coefficient (Wildman–Crippen LogP) is 6.24. The van der Waals surface area contributed by atoms with E-state index >= 15 is 0 Å². The van der Waals surface area contributed by atoms with Crippen molar-refractivity contribution in [2.24, 2.45) is 0 Å². The van der Waals surface area contributed by atoms with Crippen LogP contribution in [0.2, 0.25) is 5.02 Å². The van der Waals surface area contributed by atoms with Crippen LogP contribution < -0.4 is 15.1 Å². The Balaban J connectivity index is 0.00000405. The van der Waals surface area contributed by atoms with Crippen molar-refractivity contribution in [2.75, 3.05) is 9.80 Å². The van der Waals surface area contributed by atoms with E-state index in [2.05, 4.69) is 15.1 Å². The first kappa shape index (κ1) is 30.5. The third-order valence-corrected chi connectivity index (χ3v) is 7.41. The maximum absolute atomic E-state index is 14.5. The van der Waals surface area contributed by atoms with E-state index in [4.69, 9.17) is 18.2 Å². The van der Waals surface area contributed by atoms with E-state index in [0.717, 1.165) is 15.9 Å². The minimum atomic E-state index is -2.91. The lowest BCUT2D eigenvalue weighted by Crippen LogP contribution is -2.56. The number of nitrogens with one attached hydrogen (secondary N) is 1. The number of halogens is 4. The summed E-state index contributed by atoms with van der Waals surface area (Å²) in [5.74, 6) is -5.48. The number of rotatable bonds is 7. The van der Waals surface area contributed by atoms with Gasteiger partial charge in [-0.3, -0.25) is 24.2 Å². The zero-order valence-electron chi connectivity index (χ0n) is 21.4. The topological polar surface area (TPSA) is 87.0 Å². The van der Waals surface area contributed by atoms with Gasteiger partial charge in [0.15, 0.2) is 5.69 Å². The molecule has 1 aliphatic heterocycles. The second-order valence-electron chi connectivity index (χ2n) is 9.88. The Morgan fingerprint density at radius 1 is 1.14 bits per heavy atom. The average Bonchev–Trinajstić information content (AvgIpc) is 3.32. The van der Waals surface area contributed by atoms with E-state index in [1.807, 2.05) is 0 Å². The summed E-state index contributed by atoms with van der Waals surface area (Å²) in [6.07, 6.45) is 0.261. The van der Waals surface area contributed by atoms with Crippen LogP contribution in [0.3, 0.4) is 0 Å². The molecule has 2 atom stereocenters. The number of hydrogen-bond donors (Lipinski definition) is 1. The highest BCUT2D eigenvalue weighted by Gasteiger charge is 2.48. The molecule has 1 saturated heterocycles. The molecule has 2 aromatic carbocycles. The van der Waals surface area contributed by atoms with E-state index < -0.39 is 60.4 Å². The molecule has 2 aliphatic rings. The number of benzene rings is 2. The van der Waals surface area contributed by atoms with Crippen molar-refractivity contribution in [2.45, 2.75) is 57.2 Å². The van der Waals surface area contributed by atoms with Crippen LogP contribution in [0.15, 0.2) is 66.9 Å². The quantitative estimate of drug-likeness (QED) is 0.327. The van der Waals surface area contributed by atoms with Gasteiger partial charge in [0.05, 0.1) is 6.57 Å². The fraction of sp³-hybridized carbons (Fsp3) is 0.300. The highest BCUT2D eigenvalue weighted by atomic mass is 35.5. The third kappa shape index (κ3) is 6.09. The van der Waals surface area contributed by atoms with Gasteiger partial charge in [0.2, 0.25) is 11.8 Å². The largest absolute Gasteiger partial charge is 0.351 e. The standard InChI is InChI=1S/C29H23ClF3N5O3.CH4/c1-34-18-11-12-35-24(14-18)38-23(9-10-25(38)39)28(41)37(20-6-4-5-17(31)13-20)26(21-7-2-3-8-22(21)30)27(40)36-19-15-29(32,33)16-19;/h2-8,11-14,19,23,26H,9-10,15-16H2,(H,36,40);1H4/t23-,26+;/m0./s1. The number of aromatic nitrogens is 1. The zero-order valence-corrected chi connectivity index (χ0v) is 22.2. The van der Waals surface area contributed by atoms with Crippen molar-refractivity contribution in [3.05, 3.63) is 94.7 Å². The fourth-order valence-corrected chi connectivity index (χ4v) is 5.38. The van der Waals surface area contributed by atoms with Crippen LogP contribution in [0, 0.1) is 12.4 Å². The van der Waals surface area contributed by atoms with Crippen molar-refractivity contribution in [1.82, 2.24) is 10.3 Å². The molecule has 0 unspecified atom stereocenters. The summed E-state index contributed by atoms with van der Waals surface area (Å²) in [4.78, 5) is 51.0. The number of anilines is 2. The summed E-state index contributed by atoms with van der Waals surface area (Å²) in [6.45, 7) is 7.30. The monoisotopic (exact) mass is 597 g/mol. The summed E-state index contributed by atoms with van der Waals surface area (Å²) in [6, 6.07) is 10.6. The van der Waals surface area contributed by atoms with Crippen molar-refractivity contribution in [3.63, 3.8) is 0 Å². The van der Waals surface area contributed by atoms with Gasteiger partial charge < -0.3 is 5.32 Å². The number of nitrogens with zero attached hydrogens (tertiary/aromatic N) is 4. The Labute approximate surface area is 245 Å². The second kappa shape index (κ2) is 12.2. The Bertz CT molecular complexity index is 1550. The molecule has 2 fully saturated rings. The molecule has 1 saturated carbocycles. The van der Waals surface area contributed by atoms with Gasteiger partial charge in [-0.25, -0.2) is 23.0 Å². The molecule has 0 spiro atoms. The normalized spacial score (nSPS) is 18.3. The first-order valence-corrected chi connectivity index (χ1v) is 13.1. The molecule has 0 radical (unpaired) electrons. The number of carbonyl (C=O) groups is 3. The van der Waals surface area contributed by atoms with E-state index in [-0.39, 0.29) is 48.0 Å². The second-order valence-corrected chi connectivity index (χ2v) is 10.3. The van der Waals surface area contributed by atoms with E-state index in [9.17, 15) is 27.6 Å². The molecule has 1 aliphatic carbocycles. The molecule has 1 aromatic heterocycles. The Morgan fingerprint density at radius 3 is 2.55 bits per heavy atom. The summed E-state index contributed by atoms with van der Waals surface area (Å²) in [7, 11) is 0. The molecule has 5 rings (SSSR count). The number of amides is 3. The van der Waals surface area contributed by atoms with Crippen molar-refractivity contribution >= 4 is 46.5 Å². The third-order valence-electron chi connectivity index (χ3n) is 7.07. The highest BCUT2D eigenvalue weighted by molar-refractivity contribution is 6.31. The SMILES string of the molecule is C.[C-]#[N+]c1ccnc(N2C(=O)CC[C@H]2C(=O)N(c2cccc(F)c2)[C@@H](C(=O)NC2CC(F)(F)C2)c2ccccc2Cl)c1. The van der Waals surface area contributed by atoms with Gasteiger partial charge in [-0.1, -0.05) is 43.3 Å². The molecule has 218 valence electrons. The smallest absolute Gasteiger partial charge is 0.252 e. The van der Waals surface area contributed by atoms with Crippen molar-refractivity contribution in [3.8, 4) is 0 Å². The summed E-state index contributed by atoms with van der Waals surface area (Å²) in [5, 5.41) is 2.70. The van der Waals surface area contributed by atoms with Gasteiger partial charge in [-0.05, 0) is 42.8 Å². The number of carbonyl (C=O) groups excluding carboxylic acids is 3. The van der Waals surface area contributed by atoms with E-state index in [1.165, 1.54) is 48.7 Å². The molecule has 3 amide bonds. The van der Waals surface area contributed by atoms with E-state index in [1.54, 1.807) is 12.1 Å². The molecular weight excluding hydrogens is 571 g/mol. The summed E-state index contributed by atoms with van der Waals surface area (Å²) < 4.78 is 41.7. The van der Waals surface area contributed by atoms with Crippen LogP contribution in [-0.2, 0) is 14.4 Å². The lowest BCUT2D eigenvalue weighted by molar-refractivity contribution is -0.133. The molecule has 42 heavy (non-hydrogen) atoms. The lowest BCUT2D eigenvalue weighted by atomic mass is 9.87. The van der Waals surface area contributed by atoms with Gasteiger partial charge in [-0.15, -0.1) is 0 Å². The van der Waals surface area contributed by atoms with Crippen LogP contribution in [0.25, 0.3) is 4.85 Å². The van der Waals surface area contributed by atoms with Crippen LogP contribution in [0.5, 0.6) is 0 Å². The molecule has 12 heteroatoms. The molecule has 1 N–H and O–H groups in total. The van der Waals surface area contributed by atoms with Crippen molar-refractivity contribution in [1.29, 1.82) is 0 Å². The van der Waals surface area contributed by atoms with Gasteiger partial charge in [-0.2, -0.15) is 0 Å². The Morgan fingerprint density at radius 2 is 1.88 bits per heavy atom. The Kier molecular flexibility index (Phi) is 8.87. The Hall–Kier alpha value is -4.43. The van der Waals surface area contributed by atoms with Crippen LogP contribution in [0.4, 0.5) is 30.4 Å². The highest BCUT2D eigenvalue weighted by Crippen LogP contribution is 2.40. The maximum atomic E-state index is 14.5. The lowest BCUT2D eigenvalue weighted by Gasteiger charge is -2.39. The maximum Gasteiger partial charge on any atom is 0.252 e. The predicted molar refractivity (Wildman–Crippen MR) is 152 cm³/mol. The van der Waals surface area contributed by atoms with Gasteiger partial charge >= 0.3 is 0 Å². The molecular formula is C30H27ClF3N5O3. The minimum absolute atomic E-state index is 0. The number of pyridine rings is 1. The average molecular weight is 598 g/mol. The summed E-state index contributed by atoms with van der Waals surface area (Å²) in [5.41, 5.74) is 0.379. The fourth-order valence-electron chi connectivity index (χ4n) is 5.14. The minimum Gasteiger partial charge on any atom is -0.351 e. The van der Waals surface area contributed by atoms with Crippen LogP contribution in [-0.4, -0.2) is 40.7 Å². The molecule has 8 nitrogen and oxygen atoms in total. The molecule has 0 bridgehead atoms. The number of hydrogen-bond acceptors (Lipinski definition) is 4. The molecule has 2 heterocycles. The number of alkyl halides is 2. The van der Waals surface area contributed by atoms with Crippen LogP contribution in [0.1, 0.15) is 44.7 Å². The summed E-state index contributed by atoms with van der Waals surface area (Å²) >= 11 is 6.49. The first-order valence-electron chi connectivity index (χ1n) is 12.7. The van der Waals surface area contributed by atoms with Gasteiger partial charge in [0, 0.05) is 47.8 Å². The van der Waals surface area contributed by atoms with Crippen molar-refractivity contribution < 1.29 is 27.6 Å². The van der Waals surface area contributed by atoms with Crippen LogP contribution >= 0.6 is 11.6 Å². The molecule has 3 aromatic rings. The first-order chi connectivity index (χ1) is 19.6.